The molecule has 4 aromatic rings. The van der Waals surface area contributed by atoms with Gasteiger partial charge in [0, 0.05) is 23.7 Å². The summed E-state index contributed by atoms with van der Waals surface area (Å²) in [6, 6.07) is 14.4. The predicted molar refractivity (Wildman–Crippen MR) is 129 cm³/mol. The van der Waals surface area contributed by atoms with Gasteiger partial charge < -0.3 is 9.88 Å². The van der Waals surface area contributed by atoms with Crippen molar-refractivity contribution in [3.63, 3.8) is 0 Å². The maximum absolute atomic E-state index is 12.4. The number of amides is 1. The first-order valence-corrected chi connectivity index (χ1v) is 12.1. The minimum Gasteiger partial charge on any atom is -0.325 e. The summed E-state index contributed by atoms with van der Waals surface area (Å²) < 4.78 is 3.27. The highest BCUT2D eigenvalue weighted by molar-refractivity contribution is 7.99. The largest absolute Gasteiger partial charge is 0.325 e. The van der Waals surface area contributed by atoms with Crippen molar-refractivity contribution in [2.24, 2.45) is 0 Å². The Labute approximate surface area is 190 Å². The van der Waals surface area contributed by atoms with Crippen LogP contribution in [0.5, 0.6) is 0 Å². The van der Waals surface area contributed by atoms with Gasteiger partial charge in [-0.05, 0) is 62.7 Å². The summed E-state index contributed by atoms with van der Waals surface area (Å²) in [4.78, 5) is 17.2. The summed E-state index contributed by atoms with van der Waals surface area (Å²) >= 11 is 3.09. The number of carbonyl (C=O) groups is 1. The van der Waals surface area contributed by atoms with Gasteiger partial charge >= 0.3 is 0 Å². The average Bonchev–Trinajstić information content (AvgIpc) is 3.36. The fourth-order valence-corrected chi connectivity index (χ4v) is 5.30. The second-order valence-corrected chi connectivity index (χ2v) is 9.59. The zero-order valence-electron chi connectivity index (χ0n) is 18.0. The van der Waals surface area contributed by atoms with Crippen molar-refractivity contribution < 1.29 is 4.79 Å². The van der Waals surface area contributed by atoms with E-state index in [0.717, 1.165) is 39.2 Å². The van der Waals surface area contributed by atoms with Crippen LogP contribution in [0.2, 0.25) is 0 Å². The SMILES string of the molecule is CCc1nnc(SCC(=O)Nc2ccc(-c3nc4ccc(C)cc4s3)cc2)n1C(C)C. The van der Waals surface area contributed by atoms with E-state index in [4.69, 9.17) is 4.98 Å². The number of nitrogens with one attached hydrogen (secondary N) is 1. The van der Waals surface area contributed by atoms with Gasteiger partial charge in [0.1, 0.15) is 10.8 Å². The summed E-state index contributed by atoms with van der Waals surface area (Å²) in [5.74, 6) is 1.16. The smallest absolute Gasteiger partial charge is 0.234 e. The van der Waals surface area contributed by atoms with Crippen LogP contribution in [0.4, 0.5) is 5.69 Å². The number of hydrogen-bond donors (Lipinski definition) is 1. The Kier molecular flexibility index (Phi) is 6.38. The molecule has 0 radical (unpaired) electrons. The lowest BCUT2D eigenvalue weighted by atomic mass is 10.2. The predicted octanol–water partition coefficient (Wildman–Crippen LogP) is 5.74. The van der Waals surface area contributed by atoms with Crippen molar-refractivity contribution in [1.29, 1.82) is 0 Å². The van der Waals surface area contributed by atoms with E-state index in [9.17, 15) is 4.79 Å². The molecule has 2 aromatic carbocycles. The Balaban J connectivity index is 1.39. The van der Waals surface area contributed by atoms with Gasteiger partial charge in [-0.15, -0.1) is 21.5 Å². The molecule has 0 unspecified atom stereocenters. The van der Waals surface area contributed by atoms with E-state index in [-0.39, 0.29) is 17.7 Å². The topological polar surface area (TPSA) is 72.7 Å². The molecule has 1 amide bonds. The first-order valence-electron chi connectivity index (χ1n) is 10.3. The Bertz CT molecular complexity index is 1210. The minimum atomic E-state index is -0.0652. The van der Waals surface area contributed by atoms with Crippen molar-refractivity contribution in [2.45, 2.75) is 45.3 Å². The van der Waals surface area contributed by atoms with Gasteiger partial charge in [-0.3, -0.25) is 4.79 Å². The summed E-state index contributed by atoms with van der Waals surface area (Å²) in [5.41, 5.74) is 4.06. The number of thioether (sulfide) groups is 1. The Hall–Kier alpha value is -2.71. The van der Waals surface area contributed by atoms with Crippen LogP contribution in [0.15, 0.2) is 47.6 Å². The van der Waals surface area contributed by atoms with Gasteiger partial charge in [0.15, 0.2) is 5.16 Å². The molecule has 0 aliphatic heterocycles. The van der Waals surface area contributed by atoms with E-state index in [2.05, 4.69) is 66.0 Å². The van der Waals surface area contributed by atoms with Gasteiger partial charge in [0.2, 0.25) is 5.91 Å². The highest BCUT2D eigenvalue weighted by Crippen LogP contribution is 2.31. The molecule has 1 N–H and O–H groups in total. The third-order valence-corrected chi connectivity index (χ3v) is 6.87. The number of hydrogen-bond acceptors (Lipinski definition) is 6. The maximum atomic E-state index is 12.4. The zero-order valence-corrected chi connectivity index (χ0v) is 19.7. The van der Waals surface area contributed by atoms with E-state index >= 15 is 0 Å². The molecule has 0 spiro atoms. The maximum Gasteiger partial charge on any atom is 0.234 e. The molecule has 0 aliphatic carbocycles. The zero-order chi connectivity index (χ0) is 22.0. The molecule has 0 aliphatic rings. The first-order chi connectivity index (χ1) is 14.9. The highest BCUT2D eigenvalue weighted by atomic mass is 32.2. The molecule has 160 valence electrons. The molecule has 8 heteroatoms. The van der Waals surface area contributed by atoms with Crippen molar-refractivity contribution in [3.05, 3.63) is 53.9 Å². The number of benzene rings is 2. The van der Waals surface area contributed by atoms with E-state index in [0.29, 0.717) is 0 Å². The molecule has 2 heterocycles. The monoisotopic (exact) mass is 451 g/mol. The highest BCUT2D eigenvalue weighted by Gasteiger charge is 2.15. The van der Waals surface area contributed by atoms with Crippen molar-refractivity contribution in [2.75, 3.05) is 11.1 Å². The molecule has 2 aromatic heterocycles. The Morgan fingerprint density at radius 3 is 2.65 bits per heavy atom. The second kappa shape index (κ2) is 9.20. The van der Waals surface area contributed by atoms with Crippen LogP contribution in [0, 0.1) is 6.92 Å². The van der Waals surface area contributed by atoms with Gasteiger partial charge in [0.25, 0.3) is 0 Å². The number of anilines is 1. The average molecular weight is 452 g/mol. The van der Waals surface area contributed by atoms with Crippen LogP contribution in [0.3, 0.4) is 0 Å². The number of aryl methyl sites for hydroxylation is 2. The number of aromatic nitrogens is 4. The van der Waals surface area contributed by atoms with Crippen LogP contribution >= 0.6 is 23.1 Å². The summed E-state index contributed by atoms with van der Waals surface area (Å²) in [6.45, 7) is 8.34. The fraction of sp³-hybridized carbons (Fsp3) is 0.304. The van der Waals surface area contributed by atoms with Crippen LogP contribution in [-0.2, 0) is 11.2 Å². The first kappa shape index (κ1) is 21.5. The van der Waals surface area contributed by atoms with E-state index < -0.39 is 0 Å². The van der Waals surface area contributed by atoms with E-state index in [1.807, 2.05) is 24.3 Å². The third kappa shape index (κ3) is 4.80. The molecule has 0 atom stereocenters. The number of fused-ring (bicyclic) bond motifs is 1. The van der Waals surface area contributed by atoms with E-state index in [1.165, 1.54) is 22.0 Å². The second-order valence-electron chi connectivity index (χ2n) is 7.62. The number of rotatable bonds is 7. The Morgan fingerprint density at radius 2 is 1.94 bits per heavy atom. The normalized spacial score (nSPS) is 11.4. The number of thiazole rings is 1. The molecule has 4 rings (SSSR count). The van der Waals surface area contributed by atoms with Crippen LogP contribution in [0.1, 0.15) is 38.2 Å². The molecular formula is C23H25N5OS2. The van der Waals surface area contributed by atoms with Gasteiger partial charge in [-0.1, -0.05) is 24.8 Å². The Morgan fingerprint density at radius 1 is 1.16 bits per heavy atom. The van der Waals surface area contributed by atoms with Crippen LogP contribution in [-0.4, -0.2) is 31.4 Å². The van der Waals surface area contributed by atoms with Crippen molar-refractivity contribution in [3.8, 4) is 10.6 Å². The summed E-state index contributed by atoms with van der Waals surface area (Å²) in [7, 11) is 0. The fourth-order valence-electron chi connectivity index (χ4n) is 3.34. The lowest BCUT2D eigenvalue weighted by molar-refractivity contribution is -0.113. The van der Waals surface area contributed by atoms with Gasteiger partial charge in [-0.25, -0.2) is 4.98 Å². The standard InChI is InChI=1S/C23H25N5OS2/c1-5-20-26-27-23(28(20)14(2)3)30-13-21(29)24-17-9-7-16(8-10-17)22-25-18-11-6-15(4)12-19(18)31-22/h6-12,14H,5,13H2,1-4H3,(H,24,29). The molecule has 0 saturated carbocycles. The lowest BCUT2D eigenvalue weighted by Gasteiger charge is -2.12. The summed E-state index contributed by atoms with van der Waals surface area (Å²) in [6.07, 6.45) is 0.818. The molecule has 31 heavy (non-hydrogen) atoms. The summed E-state index contributed by atoms with van der Waals surface area (Å²) in [5, 5.41) is 13.2. The van der Waals surface area contributed by atoms with Crippen LogP contribution in [0.25, 0.3) is 20.8 Å². The van der Waals surface area contributed by atoms with Crippen molar-refractivity contribution in [1.82, 2.24) is 19.7 Å². The van der Waals surface area contributed by atoms with Gasteiger partial charge in [-0.2, -0.15) is 0 Å². The van der Waals surface area contributed by atoms with Gasteiger partial charge in [0.05, 0.1) is 16.0 Å². The molecule has 0 saturated heterocycles. The van der Waals surface area contributed by atoms with Crippen molar-refractivity contribution >= 4 is 44.9 Å². The lowest BCUT2D eigenvalue weighted by Crippen LogP contribution is -2.15. The minimum absolute atomic E-state index is 0.0652. The molecular weight excluding hydrogens is 426 g/mol. The van der Waals surface area contributed by atoms with Crippen LogP contribution < -0.4 is 5.32 Å². The quantitative estimate of drug-likeness (QED) is 0.363. The number of nitrogens with zero attached hydrogens (tertiary/aromatic N) is 4. The number of carbonyl (C=O) groups excluding carboxylic acids is 1. The molecule has 0 bridgehead atoms. The molecule has 6 nitrogen and oxygen atoms in total. The molecule has 0 fully saturated rings. The third-order valence-electron chi connectivity index (χ3n) is 4.86. The van der Waals surface area contributed by atoms with E-state index in [1.54, 1.807) is 11.3 Å².